The monoisotopic (exact) mass is 489 g/mol. The molecular formula is C25H30F3N5O2. The summed E-state index contributed by atoms with van der Waals surface area (Å²) in [6.07, 6.45) is 0.730. The third kappa shape index (κ3) is 6.11. The van der Waals surface area contributed by atoms with Crippen LogP contribution in [-0.4, -0.2) is 51.6 Å². The van der Waals surface area contributed by atoms with Crippen LogP contribution in [0.2, 0.25) is 0 Å². The van der Waals surface area contributed by atoms with Gasteiger partial charge in [0.25, 0.3) is 0 Å². The van der Waals surface area contributed by atoms with Crippen molar-refractivity contribution in [2.75, 3.05) is 31.6 Å². The van der Waals surface area contributed by atoms with E-state index in [-0.39, 0.29) is 5.69 Å². The van der Waals surface area contributed by atoms with Gasteiger partial charge in [-0.2, -0.15) is 13.2 Å². The van der Waals surface area contributed by atoms with Crippen LogP contribution in [-0.2, 0) is 11.0 Å². The van der Waals surface area contributed by atoms with Gasteiger partial charge >= 0.3 is 6.18 Å². The van der Waals surface area contributed by atoms with Crippen LogP contribution in [0.25, 0.3) is 16.9 Å². The van der Waals surface area contributed by atoms with E-state index >= 15 is 0 Å². The Labute approximate surface area is 202 Å². The van der Waals surface area contributed by atoms with E-state index in [9.17, 15) is 18.0 Å². The van der Waals surface area contributed by atoms with Gasteiger partial charge in [-0.25, -0.2) is 9.50 Å². The Bertz CT molecular complexity index is 1190. The number of benzene rings is 1. The van der Waals surface area contributed by atoms with Gasteiger partial charge < -0.3 is 10.1 Å². The molecule has 1 amide bonds. The molecule has 0 atom stereocenters. The third-order valence-electron chi connectivity index (χ3n) is 5.95. The quantitative estimate of drug-likeness (QED) is 0.511. The van der Waals surface area contributed by atoms with Gasteiger partial charge in [-0.3, -0.25) is 9.69 Å². The second-order valence-corrected chi connectivity index (χ2v) is 9.81. The maximum absolute atomic E-state index is 13.6. The van der Waals surface area contributed by atoms with Crippen LogP contribution < -0.4 is 10.1 Å². The molecule has 3 aromatic rings. The van der Waals surface area contributed by atoms with Crippen LogP contribution in [0.15, 0.2) is 36.5 Å². The van der Waals surface area contributed by atoms with E-state index in [2.05, 4.69) is 20.3 Å². The molecule has 4 rings (SSSR count). The fourth-order valence-electron chi connectivity index (χ4n) is 3.91. The number of amides is 1. The van der Waals surface area contributed by atoms with E-state index in [0.29, 0.717) is 29.4 Å². The van der Waals surface area contributed by atoms with Gasteiger partial charge in [0.15, 0.2) is 5.65 Å². The van der Waals surface area contributed by atoms with Crippen LogP contribution in [0, 0.1) is 5.41 Å². The third-order valence-corrected chi connectivity index (χ3v) is 5.95. The number of halogens is 3. The van der Waals surface area contributed by atoms with Crippen molar-refractivity contribution in [3.8, 4) is 17.1 Å². The Morgan fingerprint density at radius 3 is 2.51 bits per heavy atom. The number of nitrogens with one attached hydrogen (secondary N) is 1. The molecule has 1 aromatic carbocycles. The number of carbonyl (C=O) groups excluding carboxylic acids is 1. The summed E-state index contributed by atoms with van der Waals surface area (Å²) in [4.78, 5) is 19.3. The molecule has 7 nitrogen and oxygen atoms in total. The highest BCUT2D eigenvalue weighted by Gasteiger charge is 2.35. The van der Waals surface area contributed by atoms with Crippen molar-refractivity contribution >= 4 is 17.2 Å². The van der Waals surface area contributed by atoms with Crippen LogP contribution in [0.5, 0.6) is 5.88 Å². The number of ether oxygens (including phenoxy) is 1. The Balaban J connectivity index is 1.54. The maximum atomic E-state index is 13.6. The zero-order valence-corrected chi connectivity index (χ0v) is 20.2. The predicted octanol–water partition coefficient (Wildman–Crippen LogP) is 5.26. The average Bonchev–Trinajstić information content (AvgIpc) is 3.22. The van der Waals surface area contributed by atoms with Crippen molar-refractivity contribution < 1.29 is 22.7 Å². The molecule has 2 aromatic heterocycles. The predicted molar refractivity (Wildman–Crippen MR) is 127 cm³/mol. The summed E-state index contributed by atoms with van der Waals surface area (Å²) in [7, 11) is 0. The fourth-order valence-corrected chi connectivity index (χ4v) is 3.91. The first-order valence-electron chi connectivity index (χ1n) is 11.8. The lowest BCUT2D eigenvalue weighted by atomic mass is 9.95. The van der Waals surface area contributed by atoms with Crippen LogP contribution in [0.1, 0.15) is 45.6 Å². The Morgan fingerprint density at radius 2 is 1.83 bits per heavy atom. The van der Waals surface area contributed by atoms with Crippen LogP contribution in [0.4, 0.5) is 18.9 Å². The highest BCUT2D eigenvalue weighted by Crippen LogP contribution is 2.37. The molecule has 1 saturated heterocycles. The number of anilines is 1. The van der Waals surface area contributed by atoms with Crippen molar-refractivity contribution in [2.24, 2.45) is 5.41 Å². The number of alkyl halides is 3. The summed E-state index contributed by atoms with van der Waals surface area (Å²) < 4.78 is 48.0. The van der Waals surface area contributed by atoms with Gasteiger partial charge in [-0.1, -0.05) is 33.3 Å². The Kier molecular flexibility index (Phi) is 7.02. The minimum absolute atomic E-state index is 0.304. The van der Waals surface area contributed by atoms with E-state index in [1.54, 1.807) is 39.1 Å². The molecule has 0 unspecified atom stereocenters. The topological polar surface area (TPSA) is 71.8 Å². The number of carbonyl (C=O) groups is 1. The molecule has 3 heterocycles. The van der Waals surface area contributed by atoms with E-state index < -0.39 is 23.1 Å². The highest BCUT2D eigenvalue weighted by atomic mass is 19.4. The summed E-state index contributed by atoms with van der Waals surface area (Å²) in [6, 6.07) is 7.07. The summed E-state index contributed by atoms with van der Waals surface area (Å²) in [5.41, 5.74) is -0.672. The van der Waals surface area contributed by atoms with Gasteiger partial charge in [-0.15, -0.1) is 5.10 Å². The first-order chi connectivity index (χ1) is 16.5. The van der Waals surface area contributed by atoms with Crippen molar-refractivity contribution in [3.63, 3.8) is 0 Å². The summed E-state index contributed by atoms with van der Waals surface area (Å²) in [5.74, 6) is -0.0628. The molecule has 0 spiro atoms. The Morgan fingerprint density at radius 1 is 1.09 bits per heavy atom. The highest BCUT2D eigenvalue weighted by molar-refractivity contribution is 5.96. The van der Waals surface area contributed by atoms with Crippen LogP contribution >= 0.6 is 0 Å². The molecule has 0 saturated carbocycles. The van der Waals surface area contributed by atoms with Gasteiger partial charge in [0, 0.05) is 23.6 Å². The lowest BCUT2D eigenvalue weighted by Gasteiger charge is -2.25. The lowest BCUT2D eigenvalue weighted by molar-refractivity contribution is -0.137. The molecular weight excluding hydrogens is 459 g/mol. The average molecular weight is 490 g/mol. The van der Waals surface area contributed by atoms with Gasteiger partial charge in [-0.05, 0) is 44.1 Å². The normalized spacial score (nSPS) is 15.4. The molecule has 1 N–H and O–H groups in total. The maximum Gasteiger partial charge on any atom is 0.418 e. The minimum Gasteiger partial charge on any atom is -0.475 e. The fraction of sp³-hybridized carbons (Fsp3) is 0.480. The summed E-state index contributed by atoms with van der Waals surface area (Å²) >= 11 is 0. The standard InChI is InChI=1S/C25H30F3N5O2/c1-24(2,3)23(34)30-19-15-17(7-8-18(19)25(26,27)28)20-16-33-21(29-20)9-10-22(31-33)35-14-13-32-11-5-4-6-12-32/h7-10,15-16H,4-6,11-14H2,1-3H3,(H,30,34). The molecule has 188 valence electrons. The van der Waals surface area contributed by atoms with Crippen LogP contribution in [0.3, 0.4) is 0 Å². The zero-order chi connectivity index (χ0) is 25.2. The SMILES string of the molecule is CC(C)(C)C(=O)Nc1cc(-c2cn3nc(OCCN4CCCCC4)ccc3n2)ccc1C(F)(F)F. The first-order valence-corrected chi connectivity index (χ1v) is 11.8. The van der Waals surface area contributed by atoms with E-state index in [0.717, 1.165) is 25.7 Å². The number of imidazole rings is 1. The van der Waals surface area contributed by atoms with Gasteiger partial charge in [0.1, 0.15) is 6.61 Å². The molecule has 1 aliphatic heterocycles. The number of hydrogen-bond acceptors (Lipinski definition) is 5. The molecule has 0 bridgehead atoms. The van der Waals surface area contributed by atoms with Gasteiger partial charge in [0.05, 0.1) is 23.1 Å². The number of nitrogens with zero attached hydrogens (tertiary/aromatic N) is 4. The second-order valence-electron chi connectivity index (χ2n) is 9.81. The van der Waals surface area contributed by atoms with E-state index in [4.69, 9.17) is 4.74 Å². The second kappa shape index (κ2) is 9.85. The van der Waals surface area contributed by atoms with Crippen molar-refractivity contribution in [3.05, 3.63) is 42.1 Å². The Hall–Kier alpha value is -3.14. The summed E-state index contributed by atoms with van der Waals surface area (Å²) in [6.45, 7) is 8.45. The molecule has 1 aliphatic rings. The molecule has 10 heteroatoms. The smallest absolute Gasteiger partial charge is 0.418 e. The largest absolute Gasteiger partial charge is 0.475 e. The molecule has 1 fully saturated rings. The van der Waals surface area contributed by atoms with Crippen molar-refractivity contribution in [1.82, 2.24) is 19.5 Å². The van der Waals surface area contributed by atoms with E-state index in [1.165, 1.54) is 35.9 Å². The van der Waals surface area contributed by atoms with Crippen molar-refractivity contribution in [2.45, 2.75) is 46.2 Å². The number of piperidine rings is 1. The number of likely N-dealkylation sites (tertiary alicyclic amines) is 1. The molecule has 0 aliphatic carbocycles. The number of aromatic nitrogens is 3. The molecule has 35 heavy (non-hydrogen) atoms. The zero-order valence-electron chi connectivity index (χ0n) is 20.2. The number of fused-ring (bicyclic) bond motifs is 1. The number of rotatable bonds is 6. The lowest BCUT2D eigenvalue weighted by Crippen LogP contribution is -2.33. The van der Waals surface area contributed by atoms with Gasteiger partial charge in [0.2, 0.25) is 11.8 Å². The van der Waals surface area contributed by atoms with Crippen molar-refractivity contribution in [1.29, 1.82) is 0 Å². The summed E-state index contributed by atoms with van der Waals surface area (Å²) in [5, 5.41) is 6.85. The first kappa shape index (κ1) is 25.0. The molecule has 0 radical (unpaired) electrons. The van der Waals surface area contributed by atoms with E-state index in [1.807, 2.05) is 0 Å². The number of hydrogen-bond donors (Lipinski definition) is 1. The minimum atomic E-state index is -4.61.